The molecule has 1 heterocycles. The van der Waals surface area contributed by atoms with Gasteiger partial charge in [-0.1, -0.05) is 41.9 Å². The van der Waals surface area contributed by atoms with Crippen LogP contribution >= 0.6 is 27.3 Å². The Morgan fingerprint density at radius 3 is 2.41 bits per heavy atom. The minimum atomic E-state index is 0.425. The molecule has 0 saturated carbocycles. The van der Waals surface area contributed by atoms with Crippen molar-refractivity contribution in [2.24, 2.45) is 5.73 Å². The van der Waals surface area contributed by atoms with Crippen LogP contribution in [0.15, 0.2) is 28.7 Å². The average molecular weight is 311 g/mol. The van der Waals surface area contributed by atoms with Crippen LogP contribution in [0.2, 0.25) is 0 Å². The molecule has 1 aromatic heterocycles. The summed E-state index contributed by atoms with van der Waals surface area (Å²) in [6.07, 6.45) is 0. The van der Waals surface area contributed by atoms with Crippen LogP contribution in [0.1, 0.15) is 30.3 Å². The lowest BCUT2D eigenvalue weighted by atomic mass is 10.1. The normalized spacial score (nSPS) is 11.1. The van der Waals surface area contributed by atoms with Crippen molar-refractivity contribution < 1.29 is 0 Å². The van der Waals surface area contributed by atoms with Crippen molar-refractivity contribution in [1.29, 1.82) is 0 Å². The summed E-state index contributed by atoms with van der Waals surface area (Å²) >= 11 is 5.13. The lowest BCUT2D eigenvalue weighted by Gasteiger charge is -2.01. The van der Waals surface area contributed by atoms with Gasteiger partial charge in [0, 0.05) is 21.5 Å². The number of hydrogen-bond donors (Lipinski definition) is 1. The molecule has 0 aliphatic heterocycles. The molecule has 17 heavy (non-hydrogen) atoms. The standard InChI is InChI=1S/C13H15BrN2S/c1-8(2)12-11(7-15)17-13(16-12)9-3-5-10(14)6-4-9/h3-6,8H,7,15H2,1-2H3. The van der Waals surface area contributed by atoms with E-state index in [-0.39, 0.29) is 0 Å². The van der Waals surface area contributed by atoms with Gasteiger partial charge in [-0.25, -0.2) is 4.98 Å². The van der Waals surface area contributed by atoms with Gasteiger partial charge in [-0.05, 0) is 18.1 Å². The first-order valence-electron chi connectivity index (χ1n) is 5.57. The fraction of sp³-hybridized carbons (Fsp3) is 0.308. The molecule has 0 atom stereocenters. The second kappa shape index (κ2) is 5.29. The van der Waals surface area contributed by atoms with Gasteiger partial charge in [0.2, 0.25) is 0 Å². The van der Waals surface area contributed by atoms with Gasteiger partial charge in [0.1, 0.15) is 5.01 Å². The molecule has 0 aliphatic rings. The van der Waals surface area contributed by atoms with Crippen molar-refractivity contribution in [3.63, 3.8) is 0 Å². The summed E-state index contributed by atoms with van der Waals surface area (Å²) in [6.45, 7) is 4.88. The Hall–Kier alpha value is -0.710. The molecule has 2 N–H and O–H groups in total. The van der Waals surface area contributed by atoms with Crippen LogP contribution in [0.5, 0.6) is 0 Å². The van der Waals surface area contributed by atoms with E-state index < -0.39 is 0 Å². The Kier molecular flexibility index (Phi) is 3.97. The third-order valence-electron chi connectivity index (χ3n) is 2.55. The van der Waals surface area contributed by atoms with Gasteiger partial charge in [0.25, 0.3) is 0 Å². The van der Waals surface area contributed by atoms with Gasteiger partial charge in [-0.15, -0.1) is 11.3 Å². The third-order valence-corrected chi connectivity index (χ3v) is 4.22. The Morgan fingerprint density at radius 1 is 1.29 bits per heavy atom. The Bertz CT molecular complexity index is 503. The van der Waals surface area contributed by atoms with Gasteiger partial charge >= 0.3 is 0 Å². The molecule has 0 bridgehead atoms. The summed E-state index contributed by atoms with van der Waals surface area (Å²) in [5, 5.41) is 1.06. The van der Waals surface area contributed by atoms with E-state index in [0.717, 1.165) is 20.7 Å². The molecule has 2 nitrogen and oxygen atoms in total. The molecular weight excluding hydrogens is 296 g/mol. The zero-order valence-electron chi connectivity index (χ0n) is 9.90. The zero-order chi connectivity index (χ0) is 12.4. The van der Waals surface area contributed by atoms with Crippen LogP contribution in [0, 0.1) is 0 Å². The van der Waals surface area contributed by atoms with E-state index in [4.69, 9.17) is 10.7 Å². The summed E-state index contributed by atoms with van der Waals surface area (Å²) in [6, 6.07) is 8.22. The fourth-order valence-corrected chi connectivity index (χ4v) is 3.04. The first-order chi connectivity index (χ1) is 8.11. The zero-order valence-corrected chi connectivity index (χ0v) is 12.3. The largest absolute Gasteiger partial charge is 0.326 e. The Labute approximate surface area is 114 Å². The quantitative estimate of drug-likeness (QED) is 0.924. The molecule has 0 radical (unpaired) electrons. The van der Waals surface area contributed by atoms with E-state index in [0.29, 0.717) is 12.5 Å². The van der Waals surface area contributed by atoms with Crippen molar-refractivity contribution in [1.82, 2.24) is 4.98 Å². The van der Waals surface area contributed by atoms with E-state index >= 15 is 0 Å². The number of halogens is 1. The highest BCUT2D eigenvalue weighted by atomic mass is 79.9. The molecule has 4 heteroatoms. The van der Waals surface area contributed by atoms with Crippen LogP contribution in [-0.2, 0) is 6.54 Å². The molecule has 0 amide bonds. The number of nitrogens with zero attached hydrogens (tertiary/aromatic N) is 1. The van der Waals surface area contributed by atoms with Crippen molar-refractivity contribution in [3.8, 4) is 10.6 Å². The second-order valence-corrected chi connectivity index (χ2v) is 6.19. The van der Waals surface area contributed by atoms with E-state index in [1.807, 2.05) is 12.1 Å². The molecule has 90 valence electrons. The summed E-state index contributed by atoms with van der Waals surface area (Å²) in [7, 11) is 0. The molecular formula is C13H15BrN2S. The average Bonchev–Trinajstić information content (AvgIpc) is 2.74. The number of hydrogen-bond acceptors (Lipinski definition) is 3. The first-order valence-corrected chi connectivity index (χ1v) is 7.18. The Morgan fingerprint density at radius 2 is 1.94 bits per heavy atom. The lowest BCUT2D eigenvalue weighted by molar-refractivity contribution is 0.814. The van der Waals surface area contributed by atoms with Gasteiger partial charge in [0.15, 0.2) is 0 Å². The molecule has 0 fully saturated rings. The smallest absolute Gasteiger partial charge is 0.123 e. The van der Waals surface area contributed by atoms with Crippen molar-refractivity contribution in [2.75, 3.05) is 0 Å². The summed E-state index contributed by atoms with van der Waals surface area (Å²) in [4.78, 5) is 5.90. The predicted molar refractivity (Wildman–Crippen MR) is 77.2 cm³/mol. The van der Waals surface area contributed by atoms with Gasteiger partial charge in [-0.3, -0.25) is 0 Å². The second-order valence-electron chi connectivity index (χ2n) is 4.19. The molecule has 0 saturated heterocycles. The number of thiazole rings is 1. The lowest BCUT2D eigenvalue weighted by Crippen LogP contribution is -1.99. The highest BCUT2D eigenvalue weighted by molar-refractivity contribution is 9.10. The SMILES string of the molecule is CC(C)c1nc(-c2ccc(Br)cc2)sc1CN. The molecule has 0 unspecified atom stereocenters. The molecule has 0 aliphatic carbocycles. The van der Waals surface area contributed by atoms with E-state index in [9.17, 15) is 0 Å². The first kappa shape index (κ1) is 12.7. The van der Waals surface area contributed by atoms with Crippen LogP contribution in [-0.4, -0.2) is 4.98 Å². The Balaban J connectivity index is 2.42. The van der Waals surface area contributed by atoms with Gasteiger partial charge in [0.05, 0.1) is 5.69 Å². The van der Waals surface area contributed by atoms with E-state index in [2.05, 4.69) is 41.9 Å². The maximum Gasteiger partial charge on any atom is 0.123 e. The van der Waals surface area contributed by atoms with Crippen molar-refractivity contribution in [3.05, 3.63) is 39.3 Å². The minimum absolute atomic E-state index is 0.425. The maximum atomic E-state index is 5.77. The van der Waals surface area contributed by atoms with E-state index in [1.165, 1.54) is 4.88 Å². The van der Waals surface area contributed by atoms with Crippen LogP contribution in [0.3, 0.4) is 0 Å². The summed E-state index contributed by atoms with van der Waals surface area (Å²) in [5.74, 6) is 0.425. The van der Waals surface area contributed by atoms with Crippen LogP contribution in [0.25, 0.3) is 10.6 Å². The van der Waals surface area contributed by atoms with Crippen molar-refractivity contribution >= 4 is 27.3 Å². The summed E-state index contributed by atoms with van der Waals surface area (Å²) < 4.78 is 1.08. The van der Waals surface area contributed by atoms with Crippen LogP contribution in [0.4, 0.5) is 0 Å². The third kappa shape index (κ3) is 2.76. The van der Waals surface area contributed by atoms with Gasteiger partial charge in [-0.2, -0.15) is 0 Å². The predicted octanol–water partition coefficient (Wildman–Crippen LogP) is 4.15. The topological polar surface area (TPSA) is 38.9 Å². The number of benzene rings is 1. The highest BCUT2D eigenvalue weighted by Gasteiger charge is 2.13. The number of rotatable bonds is 3. The molecule has 2 rings (SSSR count). The fourth-order valence-electron chi connectivity index (χ4n) is 1.68. The number of aromatic nitrogens is 1. The molecule has 0 spiro atoms. The highest BCUT2D eigenvalue weighted by Crippen LogP contribution is 2.31. The van der Waals surface area contributed by atoms with Gasteiger partial charge < -0.3 is 5.73 Å². The van der Waals surface area contributed by atoms with Crippen LogP contribution < -0.4 is 5.73 Å². The monoisotopic (exact) mass is 310 g/mol. The van der Waals surface area contributed by atoms with Crippen molar-refractivity contribution in [2.45, 2.75) is 26.3 Å². The molecule has 2 aromatic rings. The molecule has 1 aromatic carbocycles. The number of nitrogens with two attached hydrogens (primary N) is 1. The minimum Gasteiger partial charge on any atom is -0.326 e. The summed E-state index contributed by atoms with van der Waals surface area (Å²) in [5.41, 5.74) is 8.05. The maximum absolute atomic E-state index is 5.77. The van der Waals surface area contributed by atoms with E-state index in [1.54, 1.807) is 11.3 Å².